The number of anilines is 1. The van der Waals surface area contributed by atoms with Crippen LogP contribution < -0.4 is 9.04 Å². The highest BCUT2D eigenvalue weighted by atomic mass is 32.2. The lowest BCUT2D eigenvalue weighted by Gasteiger charge is -2.20. The van der Waals surface area contributed by atoms with E-state index in [0.717, 1.165) is 4.31 Å². The number of rotatable bonds is 7. The minimum Gasteiger partial charge on any atom is -0.497 e. The largest absolute Gasteiger partial charge is 0.497 e. The fraction of sp³-hybridized carbons (Fsp3) is 0.211. The Morgan fingerprint density at radius 3 is 2.27 bits per heavy atom. The highest BCUT2D eigenvalue weighted by molar-refractivity contribution is 7.92. The summed E-state index contributed by atoms with van der Waals surface area (Å²) in [5.74, 6) is 0.377. The number of sulfonamides is 1. The maximum Gasteiger partial charge on any atom is 0.264 e. The van der Waals surface area contributed by atoms with Crippen molar-refractivity contribution >= 4 is 21.5 Å². The fourth-order valence-corrected chi connectivity index (χ4v) is 3.40. The smallest absolute Gasteiger partial charge is 0.264 e. The van der Waals surface area contributed by atoms with Crippen LogP contribution in [0.25, 0.3) is 0 Å². The fourth-order valence-electron chi connectivity index (χ4n) is 2.21. The van der Waals surface area contributed by atoms with E-state index in [1.165, 1.54) is 32.4 Å². The van der Waals surface area contributed by atoms with Crippen LogP contribution in [0.15, 0.2) is 65.7 Å². The normalized spacial score (nSPS) is 11.4. The first-order chi connectivity index (χ1) is 12.3. The van der Waals surface area contributed by atoms with Crippen molar-refractivity contribution in [2.75, 3.05) is 32.6 Å². The number of carbonyl (C=O) groups is 1. The van der Waals surface area contributed by atoms with E-state index < -0.39 is 10.0 Å². The molecular weight excluding hydrogens is 352 g/mol. The monoisotopic (exact) mass is 374 g/mol. The van der Waals surface area contributed by atoms with E-state index in [2.05, 4.69) is 0 Å². The van der Waals surface area contributed by atoms with Crippen LogP contribution in [0.5, 0.6) is 5.75 Å². The molecule has 0 aliphatic rings. The maximum atomic E-state index is 12.8. The molecule has 0 saturated carbocycles. The molecule has 0 bridgehead atoms. The second-order valence-electron chi connectivity index (χ2n) is 5.84. The van der Waals surface area contributed by atoms with Crippen molar-refractivity contribution in [2.24, 2.45) is 0 Å². The second-order valence-corrected chi connectivity index (χ2v) is 7.81. The molecule has 0 unspecified atom stereocenters. The van der Waals surface area contributed by atoms with Gasteiger partial charge in [0.1, 0.15) is 5.75 Å². The van der Waals surface area contributed by atoms with E-state index in [9.17, 15) is 13.2 Å². The molecule has 0 heterocycles. The summed E-state index contributed by atoms with van der Waals surface area (Å²) in [7, 11) is 2.86. The number of allylic oxidation sites excluding steroid dienone is 1. The zero-order valence-electron chi connectivity index (χ0n) is 15.2. The molecule has 2 aromatic carbocycles. The number of benzene rings is 2. The molecule has 6 nitrogen and oxygen atoms in total. The third-order valence-corrected chi connectivity index (χ3v) is 5.54. The maximum absolute atomic E-state index is 12.8. The van der Waals surface area contributed by atoms with Gasteiger partial charge in [0.25, 0.3) is 10.0 Å². The standard InChI is InChI=1S/C19H22N2O4S/c1-20(2)13-12-19(22)15-6-5-7-16(14-15)21(3)26(23,24)18-10-8-17(25-4)9-11-18/h5-14H,1-4H3. The zero-order valence-corrected chi connectivity index (χ0v) is 16.0. The number of hydrogen-bond donors (Lipinski definition) is 0. The molecule has 0 atom stereocenters. The molecule has 0 fully saturated rings. The number of methoxy groups -OCH3 is 1. The van der Waals surface area contributed by atoms with Crippen molar-refractivity contribution in [2.45, 2.75) is 4.90 Å². The van der Waals surface area contributed by atoms with Crippen LogP contribution in [0.3, 0.4) is 0 Å². The van der Waals surface area contributed by atoms with E-state index in [4.69, 9.17) is 4.74 Å². The third-order valence-electron chi connectivity index (χ3n) is 3.74. The predicted octanol–water partition coefficient (Wildman–Crippen LogP) is 2.78. The summed E-state index contributed by atoms with van der Waals surface area (Å²) in [6, 6.07) is 12.7. The van der Waals surface area contributed by atoms with Crippen molar-refractivity contribution < 1.29 is 17.9 Å². The minimum atomic E-state index is -3.74. The van der Waals surface area contributed by atoms with Crippen LogP contribution in [-0.2, 0) is 10.0 Å². The highest BCUT2D eigenvalue weighted by Gasteiger charge is 2.21. The molecule has 7 heteroatoms. The topological polar surface area (TPSA) is 66.9 Å². The van der Waals surface area contributed by atoms with Crippen LogP contribution in [0, 0.1) is 0 Å². The SMILES string of the molecule is COc1ccc(S(=O)(=O)N(C)c2cccc(C(=O)C=CN(C)C)c2)cc1. The molecule has 0 saturated heterocycles. The van der Waals surface area contributed by atoms with Gasteiger partial charge in [0.2, 0.25) is 0 Å². The van der Waals surface area contributed by atoms with Gasteiger partial charge in [0.05, 0.1) is 17.7 Å². The van der Waals surface area contributed by atoms with Crippen LogP contribution in [-0.4, -0.2) is 47.4 Å². The Hall–Kier alpha value is -2.80. The average Bonchev–Trinajstić information content (AvgIpc) is 2.65. The van der Waals surface area contributed by atoms with Crippen LogP contribution in [0.2, 0.25) is 0 Å². The summed E-state index contributed by atoms with van der Waals surface area (Å²) in [6.45, 7) is 0. The van der Waals surface area contributed by atoms with Gasteiger partial charge >= 0.3 is 0 Å². The van der Waals surface area contributed by atoms with Crippen LogP contribution in [0.1, 0.15) is 10.4 Å². The van der Waals surface area contributed by atoms with Gasteiger partial charge in [-0.05, 0) is 36.4 Å². The first-order valence-electron chi connectivity index (χ1n) is 7.87. The van der Waals surface area contributed by atoms with Crippen LogP contribution in [0.4, 0.5) is 5.69 Å². The molecule has 0 amide bonds. The minimum absolute atomic E-state index is 0.144. The van der Waals surface area contributed by atoms with E-state index >= 15 is 0 Å². The lowest BCUT2D eigenvalue weighted by molar-refractivity contribution is 0.104. The Bertz CT molecular complexity index is 903. The molecule has 0 aromatic heterocycles. The summed E-state index contributed by atoms with van der Waals surface area (Å²) in [6.07, 6.45) is 3.09. The van der Waals surface area contributed by atoms with E-state index in [1.807, 2.05) is 14.1 Å². The number of nitrogens with zero attached hydrogens (tertiary/aromatic N) is 2. The van der Waals surface area contributed by atoms with Gasteiger partial charge in [-0.2, -0.15) is 0 Å². The molecular formula is C19H22N2O4S. The van der Waals surface area contributed by atoms with Gasteiger partial charge in [-0.25, -0.2) is 8.42 Å². The molecule has 2 aromatic rings. The molecule has 0 radical (unpaired) electrons. The number of carbonyl (C=O) groups excluding carboxylic acids is 1. The molecule has 2 rings (SSSR count). The van der Waals surface area contributed by atoms with E-state index in [1.54, 1.807) is 47.5 Å². The highest BCUT2D eigenvalue weighted by Crippen LogP contribution is 2.24. The Balaban J connectivity index is 2.32. The van der Waals surface area contributed by atoms with Crippen molar-refractivity contribution in [3.63, 3.8) is 0 Å². The molecule has 0 spiro atoms. The first-order valence-corrected chi connectivity index (χ1v) is 9.31. The molecule has 26 heavy (non-hydrogen) atoms. The van der Waals surface area contributed by atoms with Gasteiger partial charge < -0.3 is 9.64 Å². The number of ether oxygens (including phenoxy) is 1. The summed E-state index contributed by atoms with van der Waals surface area (Å²) >= 11 is 0. The molecule has 138 valence electrons. The third kappa shape index (κ3) is 4.43. The summed E-state index contributed by atoms with van der Waals surface area (Å²) in [5, 5.41) is 0. The van der Waals surface area contributed by atoms with Gasteiger partial charge in [-0.3, -0.25) is 9.10 Å². The van der Waals surface area contributed by atoms with E-state index in [0.29, 0.717) is 17.0 Å². The quantitative estimate of drug-likeness (QED) is 0.551. The Morgan fingerprint density at radius 2 is 1.69 bits per heavy atom. The van der Waals surface area contributed by atoms with Crippen molar-refractivity contribution in [1.82, 2.24) is 4.90 Å². The van der Waals surface area contributed by atoms with Crippen molar-refractivity contribution in [3.8, 4) is 5.75 Å². The van der Waals surface area contributed by atoms with Crippen LogP contribution >= 0.6 is 0 Å². The summed E-state index contributed by atoms with van der Waals surface area (Å²) in [5.41, 5.74) is 0.822. The number of ketones is 1. The van der Waals surface area contributed by atoms with Crippen molar-refractivity contribution in [3.05, 3.63) is 66.4 Å². The van der Waals surface area contributed by atoms with Crippen molar-refractivity contribution in [1.29, 1.82) is 0 Å². The molecule has 0 N–H and O–H groups in total. The lowest BCUT2D eigenvalue weighted by atomic mass is 10.1. The molecule has 0 aliphatic heterocycles. The second kappa shape index (κ2) is 8.05. The Kier molecular flexibility index (Phi) is 6.05. The first kappa shape index (κ1) is 19.5. The average molecular weight is 374 g/mol. The Labute approximate surface area is 154 Å². The van der Waals surface area contributed by atoms with Gasteiger partial charge in [0, 0.05) is 39.0 Å². The van der Waals surface area contributed by atoms with E-state index in [-0.39, 0.29) is 10.7 Å². The number of hydrogen-bond acceptors (Lipinski definition) is 5. The Morgan fingerprint density at radius 1 is 1.04 bits per heavy atom. The zero-order chi connectivity index (χ0) is 19.3. The van der Waals surface area contributed by atoms with Gasteiger partial charge in [-0.15, -0.1) is 0 Å². The van der Waals surface area contributed by atoms with Gasteiger partial charge in [0.15, 0.2) is 5.78 Å². The van der Waals surface area contributed by atoms with Gasteiger partial charge in [-0.1, -0.05) is 12.1 Å². The molecule has 0 aliphatic carbocycles. The summed E-state index contributed by atoms with van der Waals surface area (Å²) in [4.78, 5) is 14.1. The lowest BCUT2D eigenvalue weighted by Crippen LogP contribution is -2.26. The summed E-state index contributed by atoms with van der Waals surface area (Å²) < 4.78 is 31.8. The predicted molar refractivity (Wildman–Crippen MR) is 102 cm³/mol.